The summed E-state index contributed by atoms with van der Waals surface area (Å²) >= 11 is 1.66. The van der Waals surface area contributed by atoms with Crippen molar-refractivity contribution >= 4 is 11.3 Å². The molecule has 1 aromatic heterocycles. The Morgan fingerprint density at radius 2 is 2.28 bits per heavy atom. The first-order valence-electron chi connectivity index (χ1n) is 6.17. The van der Waals surface area contributed by atoms with E-state index in [-0.39, 0.29) is 11.9 Å². The van der Waals surface area contributed by atoms with E-state index in [1.165, 1.54) is 10.9 Å². The van der Waals surface area contributed by atoms with E-state index >= 15 is 0 Å². The van der Waals surface area contributed by atoms with E-state index in [1.807, 2.05) is 6.92 Å². The van der Waals surface area contributed by atoms with Crippen LogP contribution in [0.25, 0.3) is 10.6 Å². The van der Waals surface area contributed by atoms with Crippen LogP contribution in [-0.2, 0) is 6.42 Å². The van der Waals surface area contributed by atoms with E-state index < -0.39 is 0 Å². The Hall–Kier alpha value is -1.26. The van der Waals surface area contributed by atoms with Crippen LogP contribution in [0.2, 0.25) is 0 Å². The molecule has 0 saturated heterocycles. The molecule has 0 saturated carbocycles. The lowest BCUT2D eigenvalue weighted by molar-refractivity contribution is 0.573. The van der Waals surface area contributed by atoms with Crippen molar-refractivity contribution in [2.45, 2.75) is 32.2 Å². The van der Waals surface area contributed by atoms with Gasteiger partial charge in [0.15, 0.2) is 0 Å². The minimum absolute atomic E-state index is 0.126. The number of benzene rings is 1. The molecule has 2 nitrogen and oxygen atoms in total. The number of fused-ring (bicyclic) bond motifs is 1. The molecule has 0 spiro atoms. The second-order valence-electron chi connectivity index (χ2n) is 4.79. The Kier molecular flexibility index (Phi) is 2.92. The first-order chi connectivity index (χ1) is 8.65. The number of hydrogen-bond acceptors (Lipinski definition) is 3. The molecule has 0 bridgehead atoms. The van der Waals surface area contributed by atoms with E-state index in [0.29, 0.717) is 0 Å². The summed E-state index contributed by atoms with van der Waals surface area (Å²) in [5.74, 6) is -0.200. The molecule has 1 unspecified atom stereocenters. The SMILES string of the molecule is Cc1cc(F)ccc1-c1nc2c(s1)C(N)CCC2. The van der Waals surface area contributed by atoms with Crippen molar-refractivity contribution in [1.29, 1.82) is 0 Å². The van der Waals surface area contributed by atoms with E-state index in [4.69, 9.17) is 5.73 Å². The predicted molar refractivity (Wildman–Crippen MR) is 72.1 cm³/mol. The van der Waals surface area contributed by atoms with Crippen LogP contribution in [0.5, 0.6) is 0 Å². The van der Waals surface area contributed by atoms with Crippen LogP contribution >= 0.6 is 11.3 Å². The number of nitrogens with two attached hydrogens (primary N) is 1. The van der Waals surface area contributed by atoms with Crippen LogP contribution < -0.4 is 5.73 Å². The monoisotopic (exact) mass is 262 g/mol. The van der Waals surface area contributed by atoms with Crippen molar-refractivity contribution in [2.75, 3.05) is 0 Å². The van der Waals surface area contributed by atoms with Crippen molar-refractivity contribution in [3.63, 3.8) is 0 Å². The zero-order chi connectivity index (χ0) is 12.7. The molecule has 18 heavy (non-hydrogen) atoms. The quantitative estimate of drug-likeness (QED) is 0.853. The minimum Gasteiger partial charge on any atom is -0.323 e. The van der Waals surface area contributed by atoms with Crippen molar-refractivity contribution in [1.82, 2.24) is 4.98 Å². The fraction of sp³-hybridized carbons (Fsp3) is 0.357. The molecule has 0 radical (unpaired) electrons. The lowest BCUT2D eigenvalue weighted by atomic mass is 9.99. The van der Waals surface area contributed by atoms with E-state index in [2.05, 4.69) is 4.98 Å². The topological polar surface area (TPSA) is 38.9 Å². The highest BCUT2D eigenvalue weighted by Crippen LogP contribution is 2.37. The fourth-order valence-electron chi connectivity index (χ4n) is 2.44. The first kappa shape index (κ1) is 11.8. The molecule has 1 aromatic carbocycles. The van der Waals surface area contributed by atoms with Crippen LogP contribution in [0.3, 0.4) is 0 Å². The van der Waals surface area contributed by atoms with Gasteiger partial charge in [0, 0.05) is 16.5 Å². The van der Waals surface area contributed by atoms with E-state index in [0.717, 1.165) is 41.1 Å². The summed E-state index contributed by atoms with van der Waals surface area (Å²) in [6.45, 7) is 1.92. The van der Waals surface area contributed by atoms with Crippen molar-refractivity contribution in [3.05, 3.63) is 40.2 Å². The molecule has 4 heteroatoms. The molecule has 1 atom stereocenters. The van der Waals surface area contributed by atoms with Gasteiger partial charge in [0.25, 0.3) is 0 Å². The van der Waals surface area contributed by atoms with Crippen molar-refractivity contribution < 1.29 is 4.39 Å². The summed E-state index contributed by atoms with van der Waals surface area (Å²) in [5.41, 5.74) is 9.19. The van der Waals surface area contributed by atoms with Gasteiger partial charge in [-0.25, -0.2) is 9.37 Å². The molecular weight excluding hydrogens is 247 g/mol. The average Bonchev–Trinajstić information content (AvgIpc) is 2.74. The Morgan fingerprint density at radius 3 is 3.00 bits per heavy atom. The van der Waals surface area contributed by atoms with Gasteiger partial charge in [0.1, 0.15) is 10.8 Å². The summed E-state index contributed by atoms with van der Waals surface area (Å²) in [5, 5.41) is 0.967. The summed E-state index contributed by atoms with van der Waals surface area (Å²) < 4.78 is 13.1. The zero-order valence-corrected chi connectivity index (χ0v) is 11.1. The Balaban J connectivity index is 2.07. The fourth-order valence-corrected chi connectivity index (χ4v) is 3.67. The third kappa shape index (κ3) is 1.95. The number of nitrogens with zero attached hydrogens (tertiary/aromatic N) is 1. The average molecular weight is 262 g/mol. The van der Waals surface area contributed by atoms with Gasteiger partial charge in [-0.3, -0.25) is 0 Å². The Labute approximate surface area is 110 Å². The molecule has 1 aliphatic rings. The minimum atomic E-state index is -0.200. The molecule has 94 valence electrons. The summed E-state index contributed by atoms with van der Waals surface area (Å²) in [4.78, 5) is 5.89. The highest BCUT2D eigenvalue weighted by atomic mass is 32.1. The zero-order valence-electron chi connectivity index (χ0n) is 10.2. The normalized spacial score (nSPS) is 18.7. The smallest absolute Gasteiger partial charge is 0.124 e. The number of aryl methyl sites for hydroxylation is 2. The van der Waals surface area contributed by atoms with Gasteiger partial charge in [-0.05, 0) is 49.9 Å². The molecule has 3 rings (SSSR count). The molecule has 1 aliphatic carbocycles. The van der Waals surface area contributed by atoms with Gasteiger partial charge < -0.3 is 5.73 Å². The standard InChI is InChI=1S/C14H15FN2S/c1-8-7-9(15)5-6-10(8)14-17-12-4-2-3-11(16)13(12)18-14/h5-7,11H,2-4,16H2,1H3. The van der Waals surface area contributed by atoms with Gasteiger partial charge in [-0.2, -0.15) is 0 Å². The molecule has 2 aromatic rings. The van der Waals surface area contributed by atoms with Gasteiger partial charge in [-0.15, -0.1) is 11.3 Å². The summed E-state index contributed by atoms with van der Waals surface area (Å²) in [6, 6.07) is 4.97. The van der Waals surface area contributed by atoms with Crippen LogP contribution in [0.1, 0.15) is 35.0 Å². The van der Waals surface area contributed by atoms with Gasteiger partial charge >= 0.3 is 0 Å². The van der Waals surface area contributed by atoms with Gasteiger partial charge in [0.05, 0.1) is 5.69 Å². The number of rotatable bonds is 1. The maximum atomic E-state index is 13.1. The lowest BCUT2D eigenvalue weighted by Gasteiger charge is -2.15. The molecule has 0 amide bonds. The van der Waals surface area contributed by atoms with E-state index in [1.54, 1.807) is 23.5 Å². The van der Waals surface area contributed by atoms with Crippen molar-refractivity contribution in [3.8, 4) is 10.6 Å². The second kappa shape index (κ2) is 4.44. The molecular formula is C14H15FN2S. The molecule has 0 fully saturated rings. The third-order valence-corrected chi connectivity index (χ3v) is 4.67. The molecule has 2 N–H and O–H groups in total. The molecule has 1 heterocycles. The largest absolute Gasteiger partial charge is 0.323 e. The maximum Gasteiger partial charge on any atom is 0.124 e. The number of thiazole rings is 1. The van der Waals surface area contributed by atoms with E-state index in [9.17, 15) is 4.39 Å². The van der Waals surface area contributed by atoms with Crippen LogP contribution in [0.4, 0.5) is 4.39 Å². The number of hydrogen-bond donors (Lipinski definition) is 1. The van der Waals surface area contributed by atoms with Crippen LogP contribution in [0, 0.1) is 12.7 Å². The third-order valence-electron chi connectivity index (χ3n) is 3.41. The molecule has 0 aliphatic heterocycles. The predicted octanol–water partition coefficient (Wildman–Crippen LogP) is 3.59. The highest BCUT2D eigenvalue weighted by Gasteiger charge is 2.22. The van der Waals surface area contributed by atoms with Crippen molar-refractivity contribution in [2.24, 2.45) is 5.73 Å². The maximum absolute atomic E-state index is 13.1. The van der Waals surface area contributed by atoms with Crippen LogP contribution in [0.15, 0.2) is 18.2 Å². The van der Waals surface area contributed by atoms with Crippen LogP contribution in [-0.4, -0.2) is 4.98 Å². The first-order valence-corrected chi connectivity index (χ1v) is 6.98. The van der Waals surface area contributed by atoms with Gasteiger partial charge in [0.2, 0.25) is 0 Å². The summed E-state index contributed by atoms with van der Waals surface area (Å²) in [6.07, 6.45) is 3.16. The number of aromatic nitrogens is 1. The Morgan fingerprint density at radius 1 is 1.44 bits per heavy atom. The highest BCUT2D eigenvalue weighted by molar-refractivity contribution is 7.15. The van der Waals surface area contributed by atoms with Gasteiger partial charge in [-0.1, -0.05) is 0 Å². The Bertz CT molecular complexity index is 591. The lowest BCUT2D eigenvalue weighted by Crippen LogP contribution is -2.15. The number of halogens is 1. The summed E-state index contributed by atoms with van der Waals surface area (Å²) in [7, 11) is 0. The second-order valence-corrected chi connectivity index (χ2v) is 5.82.